The van der Waals surface area contributed by atoms with Crippen molar-refractivity contribution in [2.75, 3.05) is 38.5 Å². The first-order chi connectivity index (χ1) is 13.0. The summed E-state index contributed by atoms with van der Waals surface area (Å²) in [4.78, 5) is 28.1. The molecule has 1 N–H and O–H groups in total. The maximum absolute atomic E-state index is 12.5. The lowest BCUT2D eigenvalue weighted by Gasteiger charge is -2.38. The fourth-order valence-electron chi connectivity index (χ4n) is 4.19. The Balaban J connectivity index is 1.35. The molecule has 2 fully saturated rings. The second-order valence-corrected chi connectivity index (χ2v) is 7.61. The number of benzene rings is 2. The van der Waals surface area contributed by atoms with Crippen LogP contribution in [0.25, 0.3) is 10.8 Å². The fraction of sp³-hybridized carbons (Fsp3) is 0.429. The molecule has 0 saturated carbocycles. The van der Waals surface area contributed by atoms with Crippen LogP contribution in [0.2, 0.25) is 0 Å². The number of ether oxygens (including phenoxy) is 1. The number of fused-ring (bicyclic) bond motifs is 1. The lowest BCUT2D eigenvalue weighted by molar-refractivity contribution is -0.116. The molecule has 0 aromatic heterocycles. The second kappa shape index (κ2) is 7.19. The number of carbonyl (C=O) groups is 2. The van der Waals surface area contributed by atoms with E-state index in [0.29, 0.717) is 26.1 Å². The normalized spacial score (nSPS) is 23.0. The van der Waals surface area contributed by atoms with Crippen LogP contribution in [0.15, 0.2) is 42.5 Å². The lowest BCUT2D eigenvalue weighted by atomic mass is 9.92. The summed E-state index contributed by atoms with van der Waals surface area (Å²) in [7, 11) is 1.77. The number of amides is 2. The first-order valence-electron chi connectivity index (χ1n) is 9.49. The van der Waals surface area contributed by atoms with E-state index >= 15 is 0 Å². The van der Waals surface area contributed by atoms with Gasteiger partial charge in [0.15, 0.2) is 0 Å². The van der Waals surface area contributed by atoms with E-state index in [9.17, 15) is 9.59 Å². The molecular formula is C21H25N3O3. The minimum atomic E-state index is -0.407. The maximum Gasteiger partial charge on any atom is 0.410 e. The number of hydrogen-bond acceptors (Lipinski definition) is 4. The van der Waals surface area contributed by atoms with Crippen molar-refractivity contribution >= 4 is 28.5 Å². The third-order valence-electron chi connectivity index (χ3n) is 5.48. The molecule has 2 aromatic carbocycles. The molecule has 2 aromatic rings. The first kappa shape index (κ1) is 17.8. The van der Waals surface area contributed by atoms with Gasteiger partial charge in [-0.05, 0) is 30.8 Å². The van der Waals surface area contributed by atoms with Crippen LogP contribution in [0.4, 0.5) is 10.5 Å². The summed E-state index contributed by atoms with van der Waals surface area (Å²) in [5.74, 6) is 0.00603. The maximum atomic E-state index is 12.5. The monoisotopic (exact) mass is 367 g/mol. The number of hydrogen-bond donors (Lipinski definition) is 1. The van der Waals surface area contributed by atoms with Gasteiger partial charge in [-0.2, -0.15) is 0 Å². The molecule has 2 aliphatic heterocycles. The van der Waals surface area contributed by atoms with Gasteiger partial charge in [0.05, 0.1) is 6.54 Å². The van der Waals surface area contributed by atoms with Crippen LogP contribution in [0.3, 0.4) is 0 Å². The van der Waals surface area contributed by atoms with Gasteiger partial charge in [-0.25, -0.2) is 4.79 Å². The Morgan fingerprint density at radius 1 is 1.19 bits per heavy atom. The van der Waals surface area contributed by atoms with Gasteiger partial charge in [-0.3, -0.25) is 9.69 Å². The van der Waals surface area contributed by atoms with E-state index in [1.54, 1.807) is 11.9 Å². The van der Waals surface area contributed by atoms with E-state index < -0.39 is 5.60 Å². The predicted molar refractivity (Wildman–Crippen MR) is 105 cm³/mol. The molecule has 2 saturated heterocycles. The largest absolute Gasteiger partial charge is 0.440 e. The van der Waals surface area contributed by atoms with Crippen LogP contribution in [-0.4, -0.2) is 60.6 Å². The van der Waals surface area contributed by atoms with Crippen LogP contribution in [0.5, 0.6) is 0 Å². The van der Waals surface area contributed by atoms with Crippen LogP contribution in [0, 0.1) is 0 Å². The molecule has 6 nitrogen and oxygen atoms in total. The zero-order valence-electron chi connectivity index (χ0n) is 15.6. The quantitative estimate of drug-likeness (QED) is 0.902. The number of anilines is 1. The highest BCUT2D eigenvalue weighted by Gasteiger charge is 2.46. The molecule has 2 amide bonds. The molecule has 1 atom stereocenters. The van der Waals surface area contributed by atoms with Crippen molar-refractivity contribution in [1.29, 1.82) is 0 Å². The molecule has 0 bridgehead atoms. The van der Waals surface area contributed by atoms with Crippen LogP contribution >= 0.6 is 0 Å². The smallest absolute Gasteiger partial charge is 0.410 e. The summed E-state index contributed by atoms with van der Waals surface area (Å²) in [6.45, 7) is 2.93. The van der Waals surface area contributed by atoms with Crippen LogP contribution < -0.4 is 5.32 Å². The van der Waals surface area contributed by atoms with Gasteiger partial charge in [-0.1, -0.05) is 36.4 Å². The summed E-state index contributed by atoms with van der Waals surface area (Å²) in [5.41, 5.74) is 0.440. The SMILES string of the molecule is CN1C[C@@]2(CCCN(CCC(=O)Nc3cccc4ccccc34)C2)OC1=O. The van der Waals surface area contributed by atoms with Gasteiger partial charge in [0, 0.05) is 37.6 Å². The zero-order chi connectivity index (χ0) is 18.9. The topological polar surface area (TPSA) is 61.9 Å². The van der Waals surface area contributed by atoms with Crippen molar-refractivity contribution in [2.45, 2.75) is 24.9 Å². The predicted octanol–water partition coefficient (Wildman–Crippen LogP) is 3.09. The molecule has 6 heteroatoms. The summed E-state index contributed by atoms with van der Waals surface area (Å²) < 4.78 is 5.63. The molecule has 2 aliphatic rings. The van der Waals surface area contributed by atoms with E-state index in [0.717, 1.165) is 35.8 Å². The second-order valence-electron chi connectivity index (χ2n) is 7.61. The first-order valence-corrected chi connectivity index (χ1v) is 9.49. The lowest BCUT2D eigenvalue weighted by Crippen LogP contribution is -2.50. The molecule has 0 radical (unpaired) electrons. The molecule has 4 rings (SSSR count). The Bertz CT molecular complexity index is 863. The van der Waals surface area contributed by atoms with Crippen molar-refractivity contribution < 1.29 is 14.3 Å². The standard InChI is InChI=1S/C21H25N3O3/c1-23-14-21(27-20(23)26)11-5-12-24(15-21)13-10-19(25)22-18-9-4-7-16-6-2-3-8-17(16)18/h2-4,6-9H,5,10-15H2,1H3,(H,22,25)/t21-/m1/s1. The van der Waals surface area contributed by atoms with E-state index in [2.05, 4.69) is 10.2 Å². The molecule has 2 heterocycles. The fourth-order valence-corrected chi connectivity index (χ4v) is 4.19. The summed E-state index contributed by atoms with van der Waals surface area (Å²) in [6, 6.07) is 14.0. The van der Waals surface area contributed by atoms with Gasteiger partial charge in [-0.15, -0.1) is 0 Å². The van der Waals surface area contributed by atoms with Gasteiger partial charge >= 0.3 is 6.09 Å². The Kier molecular flexibility index (Phi) is 4.74. The van der Waals surface area contributed by atoms with E-state index in [-0.39, 0.29) is 12.0 Å². The molecule has 142 valence electrons. The van der Waals surface area contributed by atoms with Gasteiger partial charge in [0.1, 0.15) is 5.60 Å². The van der Waals surface area contributed by atoms with Crippen molar-refractivity contribution in [1.82, 2.24) is 9.80 Å². The Morgan fingerprint density at radius 2 is 2.00 bits per heavy atom. The minimum absolute atomic E-state index is 0.00603. The van der Waals surface area contributed by atoms with E-state index in [1.165, 1.54) is 0 Å². The van der Waals surface area contributed by atoms with E-state index in [4.69, 9.17) is 4.74 Å². The molecule has 27 heavy (non-hydrogen) atoms. The van der Waals surface area contributed by atoms with Crippen LogP contribution in [-0.2, 0) is 9.53 Å². The average Bonchev–Trinajstić information content (AvgIpc) is 2.93. The number of likely N-dealkylation sites (tertiary alicyclic amines) is 1. The molecule has 0 aliphatic carbocycles. The van der Waals surface area contributed by atoms with Crippen molar-refractivity contribution in [2.24, 2.45) is 0 Å². The number of piperidine rings is 1. The molecule has 0 unspecified atom stereocenters. The van der Waals surface area contributed by atoms with Crippen molar-refractivity contribution in [3.05, 3.63) is 42.5 Å². The highest BCUT2D eigenvalue weighted by molar-refractivity contribution is 6.02. The molecular weight excluding hydrogens is 342 g/mol. The highest BCUT2D eigenvalue weighted by atomic mass is 16.6. The highest BCUT2D eigenvalue weighted by Crippen LogP contribution is 2.31. The third kappa shape index (κ3) is 3.76. The minimum Gasteiger partial charge on any atom is -0.440 e. The number of rotatable bonds is 4. The Labute approximate surface area is 159 Å². The van der Waals surface area contributed by atoms with Gasteiger partial charge in [0.25, 0.3) is 0 Å². The Hall–Kier alpha value is -2.60. The van der Waals surface area contributed by atoms with Crippen LogP contribution in [0.1, 0.15) is 19.3 Å². The summed E-state index contributed by atoms with van der Waals surface area (Å²) in [5, 5.41) is 5.20. The number of carbonyl (C=O) groups excluding carboxylic acids is 2. The molecule has 1 spiro atoms. The average molecular weight is 367 g/mol. The summed E-state index contributed by atoms with van der Waals surface area (Å²) in [6.07, 6.45) is 2.04. The van der Waals surface area contributed by atoms with Crippen molar-refractivity contribution in [3.63, 3.8) is 0 Å². The van der Waals surface area contributed by atoms with E-state index in [1.807, 2.05) is 42.5 Å². The summed E-state index contributed by atoms with van der Waals surface area (Å²) >= 11 is 0. The van der Waals surface area contributed by atoms with Gasteiger partial charge < -0.3 is 15.0 Å². The zero-order valence-corrected chi connectivity index (χ0v) is 15.6. The number of nitrogens with one attached hydrogen (secondary N) is 1. The number of nitrogens with zero attached hydrogens (tertiary/aromatic N) is 2. The van der Waals surface area contributed by atoms with Crippen molar-refractivity contribution in [3.8, 4) is 0 Å². The third-order valence-corrected chi connectivity index (χ3v) is 5.48. The number of likely N-dealkylation sites (N-methyl/N-ethyl adjacent to an activating group) is 1. The Morgan fingerprint density at radius 3 is 2.81 bits per heavy atom. The van der Waals surface area contributed by atoms with Gasteiger partial charge in [0.2, 0.25) is 5.91 Å².